The van der Waals surface area contributed by atoms with E-state index in [1.165, 1.54) is 5.56 Å². The lowest BCUT2D eigenvalue weighted by Crippen LogP contribution is -2.44. The number of hydrogen-bond acceptors (Lipinski definition) is 4. The maximum Gasteiger partial charge on any atom is 0.250 e. The summed E-state index contributed by atoms with van der Waals surface area (Å²) < 4.78 is 10.9. The van der Waals surface area contributed by atoms with Crippen LogP contribution in [0.15, 0.2) is 30.3 Å². The lowest BCUT2D eigenvalue weighted by molar-refractivity contribution is -0.111. The molecule has 3 rings (SSSR count). The Bertz CT molecular complexity index is 967. The summed E-state index contributed by atoms with van der Waals surface area (Å²) in [4.78, 5) is 12.9. The van der Waals surface area contributed by atoms with Gasteiger partial charge in [-0.25, -0.2) is 0 Å². The van der Waals surface area contributed by atoms with Crippen molar-refractivity contribution in [3.63, 3.8) is 0 Å². The Morgan fingerprint density at radius 3 is 2.21 bits per heavy atom. The normalized spacial score (nSPS) is 16.0. The van der Waals surface area contributed by atoms with Crippen LogP contribution in [0.2, 0.25) is 0 Å². The van der Waals surface area contributed by atoms with Crippen LogP contribution in [0.1, 0.15) is 41.7 Å². The third-order valence-corrected chi connectivity index (χ3v) is 5.21. The van der Waals surface area contributed by atoms with Crippen molar-refractivity contribution in [2.24, 2.45) is 0 Å². The van der Waals surface area contributed by atoms with Crippen LogP contribution in [0.3, 0.4) is 0 Å². The zero-order chi connectivity index (χ0) is 21.3. The van der Waals surface area contributed by atoms with Crippen molar-refractivity contribution in [2.75, 3.05) is 19.5 Å². The molecule has 0 saturated carbocycles. The zero-order valence-electron chi connectivity index (χ0n) is 18.3. The number of fused-ring (bicyclic) bond motifs is 1. The Morgan fingerprint density at radius 1 is 1.03 bits per heavy atom. The number of benzene rings is 2. The SMILES string of the molecule is COc1cc2c(cc1OC)/C(=C\C(=O)Nc1c(C)cc(C)cc1C)NC(C)(C)C2. The molecule has 5 nitrogen and oxygen atoms in total. The Hall–Kier alpha value is -2.95. The average molecular weight is 395 g/mol. The first-order valence-electron chi connectivity index (χ1n) is 9.77. The van der Waals surface area contributed by atoms with Gasteiger partial charge >= 0.3 is 0 Å². The average Bonchev–Trinajstić information content (AvgIpc) is 2.62. The Labute approximate surface area is 173 Å². The molecule has 0 bridgehead atoms. The van der Waals surface area contributed by atoms with Crippen LogP contribution < -0.4 is 20.1 Å². The van der Waals surface area contributed by atoms with Crippen molar-refractivity contribution >= 4 is 17.3 Å². The van der Waals surface area contributed by atoms with Crippen molar-refractivity contribution in [3.8, 4) is 11.5 Å². The summed E-state index contributed by atoms with van der Waals surface area (Å²) in [6, 6.07) is 8.07. The van der Waals surface area contributed by atoms with E-state index >= 15 is 0 Å². The molecule has 1 aliphatic heterocycles. The minimum atomic E-state index is -0.186. The number of carbonyl (C=O) groups is 1. The second kappa shape index (κ2) is 7.82. The number of methoxy groups -OCH3 is 2. The van der Waals surface area contributed by atoms with Gasteiger partial charge in [0.15, 0.2) is 11.5 Å². The molecule has 0 atom stereocenters. The Balaban J connectivity index is 2.00. The smallest absolute Gasteiger partial charge is 0.250 e. The van der Waals surface area contributed by atoms with Crippen molar-refractivity contribution in [1.82, 2.24) is 5.32 Å². The number of hydrogen-bond donors (Lipinski definition) is 2. The minimum absolute atomic E-state index is 0.166. The standard InChI is InChI=1S/C24H30N2O3/c1-14-8-15(2)23(16(3)9-14)25-22(27)12-19-18-11-21(29-7)20(28-6)10-17(18)13-24(4,5)26-19/h8-12,26H,13H2,1-7H3,(H,25,27)/b19-12+. The maximum absolute atomic E-state index is 12.9. The number of ether oxygens (including phenoxy) is 2. The highest BCUT2D eigenvalue weighted by Gasteiger charge is 2.29. The summed E-state index contributed by atoms with van der Waals surface area (Å²) in [6.07, 6.45) is 2.45. The summed E-state index contributed by atoms with van der Waals surface area (Å²) in [6.45, 7) is 10.3. The number of rotatable bonds is 4. The van der Waals surface area contributed by atoms with Crippen LogP contribution in [0, 0.1) is 20.8 Å². The van der Waals surface area contributed by atoms with Crippen LogP contribution in [-0.2, 0) is 11.2 Å². The second-order valence-corrected chi connectivity index (χ2v) is 8.37. The number of aryl methyl sites for hydroxylation is 3. The van der Waals surface area contributed by atoms with Gasteiger partial charge in [0.05, 0.1) is 14.2 Å². The molecule has 0 unspecified atom stereocenters. The monoisotopic (exact) mass is 394 g/mol. The predicted octanol–water partition coefficient (Wildman–Crippen LogP) is 4.53. The minimum Gasteiger partial charge on any atom is -0.493 e. The number of nitrogens with one attached hydrogen (secondary N) is 2. The molecule has 5 heteroatoms. The van der Waals surface area contributed by atoms with Crippen LogP contribution in [0.4, 0.5) is 5.69 Å². The summed E-state index contributed by atoms with van der Waals surface area (Å²) in [5.41, 5.74) is 6.81. The fraction of sp³-hybridized carbons (Fsp3) is 0.375. The fourth-order valence-electron chi connectivity index (χ4n) is 4.05. The van der Waals surface area contributed by atoms with E-state index in [2.05, 4.69) is 43.5 Å². The summed E-state index contributed by atoms with van der Waals surface area (Å²) >= 11 is 0. The Morgan fingerprint density at radius 2 is 1.62 bits per heavy atom. The van der Waals surface area contributed by atoms with Gasteiger partial charge in [-0.1, -0.05) is 17.7 Å². The predicted molar refractivity (Wildman–Crippen MR) is 118 cm³/mol. The lowest BCUT2D eigenvalue weighted by Gasteiger charge is -2.36. The summed E-state index contributed by atoms with van der Waals surface area (Å²) in [5.74, 6) is 1.17. The molecule has 154 valence electrons. The van der Waals surface area contributed by atoms with Crippen LogP contribution in [-0.4, -0.2) is 25.7 Å². The maximum atomic E-state index is 12.9. The molecule has 2 aromatic rings. The highest BCUT2D eigenvalue weighted by molar-refractivity contribution is 6.05. The molecule has 0 fully saturated rings. The molecular formula is C24H30N2O3. The van der Waals surface area contributed by atoms with Crippen molar-refractivity contribution in [2.45, 2.75) is 46.6 Å². The van der Waals surface area contributed by atoms with E-state index in [0.717, 1.165) is 40.1 Å². The molecule has 0 saturated heterocycles. The second-order valence-electron chi connectivity index (χ2n) is 8.37. The van der Waals surface area contributed by atoms with Gasteiger partial charge in [0.2, 0.25) is 5.91 Å². The zero-order valence-corrected chi connectivity index (χ0v) is 18.3. The molecule has 0 aliphatic carbocycles. The van der Waals surface area contributed by atoms with Gasteiger partial charge in [0, 0.05) is 28.6 Å². The molecule has 29 heavy (non-hydrogen) atoms. The lowest BCUT2D eigenvalue weighted by atomic mass is 9.85. The van der Waals surface area contributed by atoms with E-state index in [1.54, 1.807) is 20.3 Å². The van der Waals surface area contributed by atoms with Crippen molar-refractivity contribution in [3.05, 3.63) is 58.2 Å². The topological polar surface area (TPSA) is 59.6 Å². The van der Waals surface area contributed by atoms with Gasteiger partial charge in [-0.05, 0) is 69.9 Å². The van der Waals surface area contributed by atoms with E-state index in [1.807, 2.05) is 26.0 Å². The third kappa shape index (κ3) is 4.39. The molecular weight excluding hydrogens is 364 g/mol. The van der Waals surface area contributed by atoms with Gasteiger partial charge in [0.1, 0.15) is 0 Å². The van der Waals surface area contributed by atoms with E-state index in [4.69, 9.17) is 9.47 Å². The van der Waals surface area contributed by atoms with E-state index in [9.17, 15) is 4.79 Å². The van der Waals surface area contributed by atoms with Gasteiger partial charge < -0.3 is 20.1 Å². The highest BCUT2D eigenvalue weighted by atomic mass is 16.5. The molecule has 2 N–H and O–H groups in total. The molecule has 0 aromatic heterocycles. The molecule has 1 heterocycles. The first kappa shape index (κ1) is 20.8. The van der Waals surface area contributed by atoms with Crippen LogP contribution in [0.5, 0.6) is 11.5 Å². The molecule has 2 aromatic carbocycles. The summed E-state index contributed by atoms with van der Waals surface area (Å²) in [7, 11) is 3.25. The van der Waals surface area contributed by atoms with Crippen molar-refractivity contribution < 1.29 is 14.3 Å². The van der Waals surface area contributed by atoms with E-state index < -0.39 is 0 Å². The van der Waals surface area contributed by atoms with Gasteiger partial charge in [-0.2, -0.15) is 0 Å². The van der Waals surface area contributed by atoms with Gasteiger partial charge in [-0.15, -0.1) is 0 Å². The highest BCUT2D eigenvalue weighted by Crippen LogP contribution is 2.38. The van der Waals surface area contributed by atoms with Crippen molar-refractivity contribution in [1.29, 1.82) is 0 Å². The number of amides is 1. The van der Waals surface area contributed by atoms with Crippen LogP contribution in [0.25, 0.3) is 5.70 Å². The van der Waals surface area contributed by atoms with Crippen LogP contribution >= 0.6 is 0 Å². The summed E-state index contributed by atoms with van der Waals surface area (Å²) in [5, 5.41) is 6.55. The molecule has 1 aliphatic rings. The largest absolute Gasteiger partial charge is 0.493 e. The van der Waals surface area contributed by atoms with E-state index in [0.29, 0.717) is 11.5 Å². The quantitative estimate of drug-likeness (QED) is 0.748. The Kier molecular flexibility index (Phi) is 5.60. The first-order chi connectivity index (χ1) is 13.6. The molecule has 0 radical (unpaired) electrons. The van der Waals surface area contributed by atoms with Gasteiger partial charge in [0.25, 0.3) is 0 Å². The number of anilines is 1. The molecule has 1 amide bonds. The van der Waals surface area contributed by atoms with Gasteiger partial charge in [-0.3, -0.25) is 4.79 Å². The fourth-order valence-corrected chi connectivity index (χ4v) is 4.05. The van der Waals surface area contributed by atoms with E-state index in [-0.39, 0.29) is 11.4 Å². The number of carbonyl (C=O) groups excluding carboxylic acids is 1. The first-order valence-corrected chi connectivity index (χ1v) is 9.77. The molecule has 0 spiro atoms. The third-order valence-electron chi connectivity index (χ3n) is 5.21.